The summed E-state index contributed by atoms with van der Waals surface area (Å²) in [4.78, 5) is 0. The van der Waals surface area contributed by atoms with E-state index >= 15 is 0 Å². The molecule has 58 valence electrons. The maximum absolute atomic E-state index is 5.38. The van der Waals surface area contributed by atoms with Crippen LogP contribution < -0.4 is 0 Å². The Morgan fingerprint density at radius 1 is 1.50 bits per heavy atom. The van der Waals surface area contributed by atoms with Gasteiger partial charge in [-0.3, -0.25) is 0 Å². The zero-order valence-corrected chi connectivity index (χ0v) is 7.02. The molecule has 0 spiro atoms. The first-order valence-corrected chi connectivity index (χ1v) is 3.37. The van der Waals surface area contributed by atoms with E-state index in [0.29, 0.717) is 0 Å². The van der Waals surface area contributed by atoms with Crippen LogP contribution >= 0.6 is 0 Å². The highest BCUT2D eigenvalue weighted by molar-refractivity contribution is 5.22. The van der Waals surface area contributed by atoms with Gasteiger partial charge >= 0.3 is 0 Å². The topological polar surface area (TPSA) is 21.8 Å². The van der Waals surface area contributed by atoms with Crippen LogP contribution in [0.3, 0.4) is 0 Å². The molecule has 1 atom stereocenters. The zero-order valence-electron chi connectivity index (χ0n) is 7.02. The number of hydrogen-bond acceptors (Lipinski definition) is 2. The van der Waals surface area contributed by atoms with Gasteiger partial charge in [0.2, 0.25) is 5.79 Å². The third-order valence-corrected chi connectivity index (χ3v) is 2.00. The van der Waals surface area contributed by atoms with Gasteiger partial charge in [0.05, 0.1) is 0 Å². The Balaban J connectivity index is 2.78. The molecule has 2 nitrogen and oxygen atoms in total. The summed E-state index contributed by atoms with van der Waals surface area (Å²) in [5.74, 6) is -0.507. The molecule has 0 bridgehead atoms. The van der Waals surface area contributed by atoms with Crippen molar-refractivity contribution in [2.24, 2.45) is 0 Å². The quantitative estimate of drug-likeness (QED) is 0.432. The van der Waals surface area contributed by atoms with E-state index < -0.39 is 5.79 Å². The van der Waals surface area contributed by atoms with Crippen LogP contribution in [0.4, 0.5) is 0 Å². The average Bonchev–Trinajstić information content (AvgIpc) is 2.35. The second-order valence-electron chi connectivity index (χ2n) is 3.21. The lowest BCUT2D eigenvalue weighted by molar-refractivity contribution is 0.0205. The van der Waals surface area contributed by atoms with Crippen LogP contribution in [0.15, 0.2) is 12.2 Å². The van der Waals surface area contributed by atoms with Gasteiger partial charge in [-0.1, -0.05) is 6.58 Å². The van der Waals surface area contributed by atoms with Crippen molar-refractivity contribution >= 4 is 0 Å². The molecule has 0 aromatic heterocycles. The van der Waals surface area contributed by atoms with Gasteiger partial charge in [0.25, 0.3) is 0 Å². The SMILES string of the molecule is C=C(C)C1(OC)OC1(C)C. The fraction of sp³-hybridized carbons (Fsp3) is 0.750. The van der Waals surface area contributed by atoms with E-state index in [2.05, 4.69) is 6.58 Å². The molecular weight excluding hydrogens is 128 g/mol. The van der Waals surface area contributed by atoms with Gasteiger partial charge in [-0.15, -0.1) is 0 Å². The van der Waals surface area contributed by atoms with Gasteiger partial charge in [0, 0.05) is 7.11 Å². The highest BCUT2D eigenvalue weighted by Gasteiger charge is 2.65. The molecule has 0 aliphatic carbocycles. The molecule has 0 aromatic carbocycles. The first-order valence-electron chi connectivity index (χ1n) is 3.37. The Morgan fingerprint density at radius 2 is 1.90 bits per heavy atom. The molecule has 1 aliphatic heterocycles. The summed E-state index contributed by atoms with van der Waals surface area (Å²) in [5.41, 5.74) is 0.744. The molecule has 1 fully saturated rings. The highest BCUT2D eigenvalue weighted by Crippen LogP contribution is 2.52. The molecular formula is C8H14O2. The molecule has 0 aromatic rings. The van der Waals surface area contributed by atoms with E-state index in [0.717, 1.165) is 5.57 Å². The minimum absolute atomic E-state index is 0.187. The largest absolute Gasteiger partial charge is 0.347 e. The van der Waals surface area contributed by atoms with E-state index in [1.807, 2.05) is 20.8 Å². The van der Waals surface area contributed by atoms with Crippen LogP contribution in [0, 0.1) is 0 Å². The fourth-order valence-electron chi connectivity index (χ4n) is 1.40. The summed E-state index contributed by atoms with van der Waals surface area (Å²) in [5, 5.41) is 0. The molecule has 0 saturated carbocycles. The number of ether oxygens (including phenoxy) is 2. The smallest absolute Gasteiger partial charge is 0.220 e. The minimum Gasteiger partial charge on any atom is -0.347 e. The lowest BCUT2D eigenvalue weighted by Gasteiger charge is -2.11. The van der Waals surface area contributed by atoms with Crippen molar-refractivity contribution in [2.75, 3.05) is 7.11 Å². The molecule has 1 rings (SSSR count). The number of epoxide rings is 1. The predicted octanol–water partition coefficient (Wildman–Crippen LogP) is 1.71. The first-order chi connectivity index (χ1) is 4.46. The normalized spacial score (nSPS) is 35.6. The fourth-order valence-corrected chi connectivity index (χ4v) is 1.40. The maximum atomic E-state index is 5.38. The van der Waals surface area contributed by atoms with Crippen LogP contribution in [0.1, 0.15) is 20.8 Å². The number of hydrogen-bond donors (Lipinski definition) is 0. The maximum Gasteiger partial charge on any atom is 0.220 e. The van der Waals surface area contributed by atoms with Crippen molar-refractivity contribution < 1.29 is 9.47 Å². The van der Waals surface area contributed by atoms with Crippen molar-refractivity contribution in [2.45, 2.75) is 32.2 Å². The molecule has 1 unspecified atom stereocenters. The van der Waals surface area contributed by atoms with Crippen LogP contribution in [-0.4, -0.2) is 18.5 Å². The van der Waals surface area contributed by atoms with Crippen molar-refractivity contribution in [3.63, 3.8) is 0 Å². The monoisotopic (exact) mass is 142 g/mol. The van der Waals surface area contributed by atoms with Gasteiger partial charge in [-0.2, -0.15) is 0 Å². The van der Waals surface area contributed by atoms with Gasteiger partial charge in [0.15, 0.2) is 0 Å². The Hall–Kier alpha value is -0.340. The zero-order chi connectivity index (χ0) is 7.99. The second kappa shape index (κ2) is 1.83. The lowest BCUT2D eigenvalue weighted by Crippen LogP contribution is -2.23. The van der Waals surface area contributed by atoms with Gasteiger partial charge < -0.3 is 9.47 Å². The molecule has 10 heavy (non-hydrogen) atoms. The molecule has 1 heterocycles. The summed E-state index contributed by atoms with van der Waals surface area (Å²) >= 11 is 0. The molecule has 1 saturated heterocycles. The predicted molar refractivity (Wildman–Crippen MR) is 39.7 cm³/mol. The van der Waals surface area contributed by atoms with Crippen LogP contribution in [-0.2, 0) is 9.47 Å². The van der Waals surface area contributed by atoms with Gasteiger partial charge in [-0.25, -0.2) is 0 Å². The van der Waals surface area contributed by atoms with E-state index in [9.17, 15) is 0 Å². The third kappa shape index (κ3) is 0.724. The molecule has 2 heteroatoms. The third-order valence-electron chi connectivity index (χ3n) is 2.00. The van der Waals surface area contributed by atoms with E-state index in [1.165, 1.54) is 0 Å². The molecule has 0 amide bonds. The van der Waals surface area contributed by atoms with E-state index in [-0.39, 0.29) is 5.60 Å². The Morgan fingerprint density at radius 3 is 1.90 bits per heavy atom. The van der Waals surface area contributed by atoms with Gasteiger partial charge in [-0.05, 0) is 26.3 Å². The van der Waals surface area contributed by atoms with Crippen LogP contribution in [0.25, 0.3) is 0 Å². The second-order valence-corrected chi connectivity index (χ2v) is 3.21. The molecule has 0 N–H and O–H groups in total. The molecule has 1 aliphatic rings. The summed E-state index contributed by atoms with van der Waals surface area (Å²) < 4.78 is 10.6. The standard InChI is InChI=1S/C8H14O2/c1-6(2)8(9-5)7(3,4)10-8/h1H2,2-5H3. The van der Waals surface area contributed by atoms with Crippen molar-refractivity contribution in [1.29, 1.82) is 0 Å². The summed E-state index contributed by atoms with van der Waals surface area (Å²) in [6, 6.07) is 0. The summed E-state index contributed by atoms with van der Waals surface area (Å²) in [6.07, 6.45) is 0. The van der Waals surface area contributed by atoms with Crippen molar-refractivity contribution in [3.8, 4) is 0 Å². The van der Waals surface area contributed by atoms with E-state index in [1.54, 1.807) is 7.11 Å². The van der Waals surface area contributed by atoms with Crippen LogP contribution in [0.2, 0.25) is 0 Å². The number of methoxy groups -OCH3 is 1. The summed E-state index contributed by atoms with van der Waals surface area (Å²) in [7, 11) is 1.64. The Labute approximate surface area is 61.8 Å². The number of rotatable bonds is 2. The van der Waals surface area contributed by atoms with Crippen LogP contribution in [0.5, 0.6) is 0 Å². The minimum atomic E-state index is -0.507. The summed E-state index contributed by atoms with van der Waals surface area (Å²) in [6.45, 7) is 9.70. The Kier molecular flexibility index (Phi) is 1.42. The Bertz CT molecular complexity index is 172. The van der Waals surface area contributed by atoms with E-state index in [4.69, 9.17) is 9.47 Å². The lowest BCUT2D eigenvalue weighted by atomic mass is 10.0. The first kappa shape index (κ1) is 7.76. The highest BCUT2D eigenvalue weighted by atomic mass is 16.8. The van der Waals surface area contributed by atoms with Crippen molar-refractivity contribution in [1.82, 2.24) is 0 Å². The average molecular weight is 142 g/mol. The van der Waals surface area contributed by atoms with Crippen molar-refractivity contribution in [3.05, 3.63) is 12.2 Å². The van der Waals surface area contributed by atoms with Gasteiger partial charge in [0.1, 0.15) is 5.60 Å². The molecule has 0 radical (unpaired) electrons.